The molecule has 0 saturated carbocycles. The van der Waals surface area contributed by atoms with Gasteiger partial charge in [-0.1, -0.05) is 32.0 Å². The molecule has 0 radical (unpaired) electrons. The molecule has 1 saturated heterocycles. The molecule has 3 rings (SSSR count). The normalized spacial score (nSPS) is 16.5. The predicted octanol–water partition coefficient (Wildman–Crippen LogP) is 3.44. The number of benzene rings is 1. The summed E-state index contributed by atoms with van der Waals surface area (Å²) in [5.74, 6) is 0.416. The van der Waals surface area contributed by atoms with Gasteiger partial charge in [0.05, 0.1) is 6.10 Å². The van der Waals surface area contributed by atoms with Crippen LogP contribution in [-0.4, -0.2) is 35.4 Å². The summed E-state index contributed by atoms with van der Waals surface area (Å²) >= 11 is 0. The Kier molecular flexibility index (Phi) is 6.17. The number of hydrogen-bond donors (Lipinski definition) is 2. The molecule has 2 aromatic rings. The van der Waals surface area contributed by atoms with E-state index in [9.17, 15) is 4.79 Å². The first kappa shape index (κ1) is 18.3. The number of aromatic nitrogens is 2. The predicted molar refractivity (Wildman–Crippen MR) is 103 cm³/mol. The van der Waals surface area contributed by atoms with E-state index in [1.54, 1.807) is 12.1 Å². The maximum atomic E-state index is 12.6. The molecule has 1 aromatic carbocycles. The summed E-state index contributed by atoms with van der Waals surface area (Å²) in [5, 5.41) is 14.4. The fraction of sp³-hybridized carbons (Fsp3) is 0.450. The van der Waals surface area contributed by atoms with E-state index >= 15 is 0 Å². The van der Waals surface area contributed by atoms with E-state index in [0.717, 1.165) is 49.1 Å². The second-order valence-electron chi connectivity index (χ2n) is 6.43. The first-order valence-electron chi connectivity index (χ1n) is 9.32. The van der Waals surface area contributed by atoms with Gasteiger partial charge in [0.25, 0.3) is 5.91 Å². The first-order valence-corrected chi connectivity index (χ1v) is 9.32. The lowest BCUT2D eigenvalue weighted by Gasteiger charge is -2.14. The van der Waals surface area contributed by atoms with Crippen LogP contribution in [0.3, 0.4) is 0 Å². The van der Waals surface area contributed by atoms with Gasteiger partial charge < -0.3 is 15.4 Å². The van der Waals surface area contributed by atoms with E-state index in [4.69, 9.17) is 4.74 Å². The molecular weight excluding hydrogens is 328 g/mol. The van der Waals surface area contributed by atoms with Crippen LogP contribution in [0.1, 0.15) is 48.3 Å². The summed E-state index contributed by atoms with van der Waals surface area (Å²) in [6, 6.07) is 9.59. The van der Waals surface area contributed by atoms with Crippen molar-refractivity contribution in [1.29, 1.82) is 0 Å². The Hall–Kier alpha value is -2.47. The fourth-order valence-electron chi connectivity index (χ4n) is 3.15. The minimum atomic E-state index is -0.237. The second-order valence-corrected chi connectivity index (χ2v) is 6.43. The molecule has 6 nitrogen and oxygen atoms in total. The van der Waals surface area contributed by atoms with Crippen molar-refractivity contribution in [1.82, 2.24) is 10.2 Å². The number of nitrogens with zero attached hydrogens (tertiary/aromatic N) is 2. The Balaban J connectivity index is 1.65. The number of carbonyl (C=O) groups excluding carboxylic acids is 1. The van der Waals surface area contributed by atoms with Crippen LogP contribution < -0.4 is 10.6 Å². The number of rotatable bonds is 7. The topological polar surface area (TPSA) is 76.1 Å². The summed E-state index contributed by atoms with van der Waals surface area (Å²) < 4.78 is 5.57. The number of amides is 1. The monoisotopic (exact) mass is 354 g/mol. The zero-order chi connectivity index (χ0) is 18.4. The molecule has 1 aliphatic heterocycles. The largest absolute Gasteiger partial charge is 0.376 e. The van der Waals surface area contributed by atoms with E-state index in [2.05, 4.69) is 34.7 Å². The third-order valence-electron chi connectivity index (χ3n) is 4.67. The van der Waals surface area contributed by atoms with Crippen molar-refractivity contribution in [3.8, 4) is 0 Å². The SMILES string of the molecule is CCc1cccc(CC)c1NC(=O)c1ccc(NCC2CCCO2)nn1. The highest BCUT2D eigenvalue weighted by Gasteiger charge is 2.16. The molecule has 1 aromatic heterocycles. The molecule has 2 heterocycles. The quantitative estimate of drug-likeness (QED) is 0.796. The Morgan fingerprint density at radius 3 is 2.50 bits per heavy atom. The summed E-state index contributed by atoms with van der Waals surface area (Å²) in [4.78, 5) is 12.6. The van der Waals surface area contributed by atoms with Gasteiger partial charge in [0.2, 0.25) is 0 Å². The standard InChI is InChI=1S/C20H26N4O2/c1-3-14-7-5-8-15(4-2)19(14)22-20(25)17-10-11-18(24-23-17)21-13-16-9-6-12-26-16/h5,7-8,10-11,16H,3-4,6,9,12-13H2,1-2H3,(H,21,24)(H,22,25). The van der Waals surface area contributed by atoms with E-state index in [0.29, 0.717) is 18.1 Å². The smallest absolute Gasteiger partial charge is 0.276 e. The minimum absolute atomic E-state index is 0.234. The van der Waals surface area contributed by atoms with Gasteiger partial charge in [-0.15, -0.1) is 10.2 Å². The van der Waals surface area contributed by atoms with Crippen molar-refractivity contribution in [3.05, 3.63) is 47.2 Å². The number of nitrogens with one attached hydrogen (secondary N) is 2. The molecule has 1 unspecified atom stereocenters. The van der Waals surface area contributed by atoms with Gasteiger partial charge in [-0.3, -0.25) is 4.79 Å². The van der Waals surface area contributed by atoms with Crippen LogP contribution in [0.25, 0.3) is 0 Å². The van der Waals surface area contributed by atoms with Gasteiger partial charge in [0.15, 0.2) is 5.69 Å². The molecule has 2 N–H and O–H groups in total. The van der Waals surface area contributed by atoms with Gasteiger partial charge in [-0.2, -0.15) is 0 Å². The van der Waals surface area contributed by atoms with Crippen LogP contribution >= 0.6 is 0 Å². The molecule has 26 heavy (non-hydrogen) atoms. The van der Waals surface area contributed by atoms with E-state index in [-0.39, 0.29) is 12.0 Å². The minimum Gasteiger partial charge on any atom is -0.376 e. The first-order chi connectivity index (χ1) is 12.7. The molecular formula is C20H26N4O2. The maximum absolute atomic E-state index is 12.6. The average Bonchev–Trinajstić information content (AvgIpc) is 3.20. The molecule has 1 atom stereocenters. The Labute approximate surface area is 154 Å². The van der Waals surface area contributed by atoms with Crippen LogP contribution in [0.2, 0.25) is 0 Å². The lowest BCUT2D eigenvalue weighted by molar-refractivity contribution is 0.102. The molecule has 1 aliphatic rings. The van der Waals surface area contributed by atoms with Crippen molar-refractivity contribution in [2.75, 3.05) is 23.8 Å². The van der Waals surface area contributed by atoms with Gasteiger partial charge in [0, 0.05) is 18.8 Å². The van der Waals surface area contributed by atoms with Crippen LogP contribution in [0.15, 0.2) is 30.3 Å². The molecule has 1 amide bonds. The summed E-state index contributed by atoms with van der Waals surface area (Å²) in [5.41, 5.74) is 3.45. The summed E-state index contributed by atoms with van der Waals surface area (Å²) in [6.07, 6.45) is 4.13. The van der Waals surface area contributed by atoms with E-state index < -0.39 is 0 Å². The number of ether oxygens (including phenoxy) is 1. The molecule has 138 valence electrons. The number of aryl methyl sites for hydroxylation is 2. The Morgan fingerprint density at radius 1 is 1.15 bits per heavy atom. The van der Waals surface area contributed by atoms with Crippen LogP contribution in [0.4, 0.5) is 11.5 Å². The fourth-order valence-corrected chi connectivity index (χ4v) is 3.15. The maximum Gasteiger partial charge on any atom is 0.276 e. The molecule has 0 spiro atoms. The lowest BCUT2D eigenvalue weighted by Crippen LogP contribution is -2.20. The van der Waals surface area contributed by atoms with Gasteiger partial charge in [0.1, 0.15) is 5.82 Å². The zero-order valence-corrected chi connectivity index (χ0v) is 15.4. The third-order valence-corrected chi connectivity index (χ3v) is 4.67. The highest BCUT2D eigenvalue weighted by molar-refractivity contribution is 6.03. The number of anilines is 2. The summed E-state index contributed by atoms with van der Waals surface area (Å²) in [6.45, 7) is 5.71. The average molecular weight is 354 g/mol. The molecule has 0 aliphatic carbocycles. The van der Waals surface area contributed by atoms with E-state index in [1.807, 2.05) is 18.2 Å². The van der Waals surface area contributed by atoms with Crippen molar-refractivity contribution in [3.63, 3.8) is 0 Å². The van der Waals surface area contributed by atoms with Crippen molar-refractivity contribution >= 4 is 17.4 Å². The number of carbonyl (C=O) groups is 1. The molecule has 6 heteroatoms. The Bertz CT molecular complexity index is 718. The van der Waals surface area contributed by atoms with Gasteiger partial charge >= 0.3 is 0 Å². The highest BCUT2D eigenvalue weighted by atomic mass is 16.5. The van der Waals surface area contributed by atoms with Crippen LogP contribution in [0.5, 0.6) is 0 Å². The number of para-hydroxylation sites is 1. The summed E-state index contributed by atoms with van der Waals surface area (Å²) in [7, 11) is 0. The Morgan fingerprint density at radius 2 is 1.92 bits per heavy atom. The second kappa shape index (κ2) is 8.76. The van der Waals surface area contributed by atoms with Crippen molar-refractivity contribution in [2.45, 2.75) is 45.6 Å². The van der Waals surface area contributed by atoms with Crippen molar-refractivity contribution in [2.24, 2.45) is 0 Å². The van der Waals surface area contributed by atoms with E-state index in [1.165, 1.54) is 0 Å². The molecule has 0 bridgehead atoms. The third kappa shape index (κ3) is 4.38. The van der Waals surface area contributed by atoms with Crippen LogP contribution in [0, 0.1) is 0 Å². The highest BCUT2D eigenvalue weighted by Crippen LogP contribution is 2.23. The van der Waals surface area contributed by atoms with Crippen molar-refractivity contribution < 1.29 is 9.53 Å². The van der Waals surface area contributed by atoms with Gasteiger partial charge in [-0.25, -0.2) is 0 Å². The zero-order valence-electron chi connectivity index (χ0n) is 15.4. The van der Waals surface area contributed by atoms with Crippen LogP contribution in [-0.2, 0) is 17.6 Å². The van der Waals surface area contributed by atoms with Gasteiger partial charge in [-0.05, 0) is 48.9 Å². The number of hydrogen-bond acceptors (Lipinski definition) is 5. The lowest BCUT2D eigenvalue weighted by atomic mass is 10.0. The molecule has 1 fully saturated rings.